The summed E-state index contributed by atoms with van der Waals surface area (Å²) in [5.41, 5.74) is 1.60. The molecule has 1 saturated heterocycles. The van der Waals surface area contributed by atoms with E-state index in [1.165, 1.54) is 0 Å². The van der Waals surface area contributed by atoms with Gasteiger partial charge in [-0.2, -0.15) is 0 Å². The Morgan fingerprint density at radius 1 is 1.24 bits per heavy atom. The van der Waals surface area contributed by atoms with Gasteiger partial charge >= 0.3 is 0 Å². The molecule has 0 bridgehead atoms. The Kier molecular flexibility index (Phi) is 4.11. The maximum Gasteiger partial charge on any atom is 0.235 e. The largest absolute Gasteiger partial charge is 0.477 e. The molecule has 1 N–H and O–H groups in total. The maximum atomic E-state index is 12.7. The van der Waals surface area contributed by atoms with Crippen molar-refractivity contribution in [2.75, 3.05) is 29.9 Å². The van der Waals surface area contributed by atoms with Crippen LogP contribution in [0.3, 0.4) is 0 Å². The minimum Gasteiger partial charge on any atom is -0.477 e. The van der Waals surface area contributed by atoms with Gasteiger partial charge in [0.1, 0.15) is 0 Å². The topological polar surface area (TPSA) is 67.3 Å². The highest BCUT2D eigenvalue weighted by Crippen LogP contribution is 2.46. The molecular weight excluding hydrogens is 384 g/mol. The van der Waals surface area contributed by atoms with Gasteiger partial charge in [0, 0.05) is 29.3 Å². The van der Waals surface area contributed by atoms with Crippen LogP contribution in [0.15, 0.2) is 34.8 Å². The second-order valence-corrected chi connectivity index (χ2v) is 7.29. The summed E-state index contributed by atoms with van der Waals surface area (Å²) in [6.45, 7) is 4.02. The minimum atomic E-state index is -0.436. The van der Waals surface area contributed by atoms with Crippen LogP contribution in [-0.4, -0.2) is 35.8 Å². The third-order valence-electron chi connectivity index (χ3n) is 5.04. The normalized spacial score (nSPS) is 18.2. The Morgan fingerprint density at radius 2 is 2.04 bits per heavy atom. The average Bonchev–Trinajstić information content (AvgIpc) is 2.89. The number of carbonyl (C=O) groups excluding carboxylic acids is 1. The monoisotopic (exact) mass is 402 g/mol. The molecule has 2 aromatic rings. The van der Waals surface area contributed by atoms with E-state index in [9.17, 15) is 4.79 Å². The predicted molar refractivity (Wildman–Crippen MR) is 99.1 cm³/mol. The van der Waals surface area contributed by atoms with Crippen LogP contribution in [-0.2, 0) is 10.2 Å². The molecule has 2 aliphatic rings. The number of anilines is 2. The first kappa shape index (κ1) is 16.3. The predicted octanol–water partition coefficient (Wildman–Crippen LogP) is 3.13. The van der Waals surface area contributed by atoms with E-state index in [0.717, 1.165) is 47.5 Å². The Labute approximate surface area is 154 Å². The molecule has 7 heteroatoms. The molecule has 2 aliphatic heterocycles. The summed E-state index contributed by atoms with van der Waals surface area (Å²) in [5, 5.41) is 11.4. The lowest BCUT2D eigenvalue weighted by Crippen LogP contribution is -2.46. The van der Waals surface area contributed by atoms with Crippen molar-refractivity contribution >= 4 is 33.3 Å². The lowest BCUT2D eigenvalue weighted by Gasteiger charge is -2.38. The van der Waals surface area contributed by atoms with Crippen molar-refractivity contribution in [1.29, 1.82) is 0 Å². The Morgan fingerprint density at radius 3 is 2.72 bits per heavy atom. The highest BCUT2D eigenvalue weighted by molar-refractivity contribution is 9.10. The molecule has 0 saturated carbocycles. The zero-order valence-electron chi connectivity index (χ0n) is 14.0. The number of ether oxygens (including phenoxy) is 1. The lowest BCUT2D eigenvalue weighted by molar-refractivity contribution is -0.121. The Balaban J connectivity index is 1.53. The number of halogens is 1. The molecule has 0 radical (unpaired) electrons. The van der Waals surface area contributed by atoms with Gasteiger partial charge in [0.15, 0.2) is 5.82 Å². The van der Waals surface area contributed by atoms with Crippen molar-refractivity contribution in [1.82, 2.24) is 10.2 Å². The highest BCUT2D eigenvalue weighted by atomic mass is 79.9. The molecule has 25 heavy (non-hydrogen) atoms. The maximum absolute atomic E-state index is 12.7. The Hall–Kier alpha value is -2.15. The smallest absolute Gasteiger partial charge is 0.235 e. The van der Waals surface area contributed by atoms with Crippen LogP contribution in [0.1, 0.15) is 25.3 Å². The van der Waals surface area contributed by atoms with Gasteiger partial charge in [-0.3, -0.25) is 4.79 Å². The fraction of sp³-hybridized carbons (Fsp3) is 0.389. The van der Waals surface area contributed by atoms with Crippen LogP contribution in [0.2, 0.25) is 0 Å². The van der Waals surface area contributed by atoms with Crippen molar-refractivity contribution < 1.29 is 9.53 Å². The van der Waals surface area contributed by atoms with Crippen molar-refractivity contribution in [3.63, 3.8) is 0 Å². The molecule has 3 heterocycles. The van der Waals surface area contributed by atoms with Gasteiger partial charge in [0.2, 0.25) is 11.8 Å². The summed E-state index contributed by atoms with van der Waals surface area (Å²) in [5.74, 6) is 1.47. The fourth-order valence-corrected chi connectivity index (χ4v) is 4.07. The first-order chi connectivity index (χ1) is 12.1. The number of amides is 1. The van der Waals surface area contributed by atoms with Crippen LogP contribution in [0.5, 0.6) is 5.88 Å². The number of nitrogens with zero attached hydrogens (tertiary/aromatic N) is 3. The number of nitrogens with one attached hydrogen (secondary N) is 1. The average molecular weight is 403 g/mol. The standard InChI is InChI=1S/C18H19BrN4O2/c1-2-25-16-6-5-15(21-22-16)23-9-7-18(8-10-23)13-11-12(19)3-4-14(13)20-17(18)24/h3-6,11H,2,7-10H2,1H3,(H,20,24). The third-order valence-corrected chi connectivity index (χ3v) is 5.53. The number of piperidine rings is 1. The molecule has 1 fully saturated rings. The second kappa shape index (κ2) is 6.29. The van der Waals surface area contributed by atoms with E-state index in [0.29, 0.717) is 12.5 Å². The summed E-state index contributed by atoms with van der Waals surface area (Å²) in [6.07, 6.45) is 1.52. The molecule has 1 amide bonds. The summed E-state index contributed by atoms with van der Waals surface area (Å²) in [4.78, 5) is 14.9. The van der Waals surface area contributed by atoms with Gasteiger partial charge in [0.05, 0.1) is 12.0 Å². The zero-order chi connectivity index (χ0) is 17.4. The van der Waals surface area contributed by atoms with Gasteiger partial charge in [-0.05, 0) is 49.6 Å². The van der Waals surface area contributed by atoms with Gasteiger partial charge in [-0.15, -0.1) is 10.2 Å². The molecule has 4 rings (SSSR count). The number of aromatic nitrogens is 2. The molecule has 1 aromatic carbocycles. The first-order valence-corrected chi connectivity index (χ1v) is 9.25. The first-order valence-electron chi connectivity index (χ1n) is 8.45. The molecule has 1 spiro atoms. The minimum absolute atomic E-state index is 0.109. The van der Waals surface area contributed by atoms with Gasteiger partial charge < -0.3 is 15.0 Å². The third kappa shape index (κ3) is 2.76. The van der Waals surface area contributed by atoms with Gasteiger partial charge in [-0.25, -0.2) is 0 Å². The van der Waals surface area contributed by atoms with E-state index in [1.807, 2.05) is 31.2 Å². The number of hydrogen-bond acceptors (Lipinski definition) is 5. The van der Waals surface area contributed by atoms with Crippen LogP contribution in [0.4, 0.5) is 11.5 Å². The Bertz CT molecular complexity index is 801. The molecule has 0 aliphatic carbocycles. The van der Waals surface area contributed by atoms with E-state index in [4.69, 9.17) is 4.74 Å². The van der Waals surface area contributed by atoms with E-state index in [1.54, 1.807) is 0 Å². The molecular formula is C18H19BrN4O2. The molecule has 0 atom stereocenters. The molecule has 0 unspecified atom stereocenters. The number of benzene rings is 1. The van der Waals surface area contributed by atoms with Crippen LogP contribution >= 0.6 is 15.9 Å². The molecule has 130 valence electrons. The van der Waals surface area contributed by atoms with Crippen molar-refractivity contribution in [2.24, 2.45) is 0 Å². The van der Waals surface area contributed by atoms with Gasteiger partial charge in [0.25, 0.3) is 0 Å². The van der Waals surface area contributed by atoms with Crippen molar-refractivity contribution in [3.8, 4) is 5.88 Å². The molecule has 1 aromatic heterocycles. The van der Waals surface area contributed by atoms with E-state index in [2.05, 4.69) is 42.4 Å². The van der Waals surface area contributed by atoms with E-state index >= 15 is 0 Å². The summed E-state index contributed by atoms with van der Waals surface area (Å²) in [7, 11) is 0. The van der Waals surface area contributed by atoms with Gasteiger partial charge in [-0.1, -0.05) is 15.9 Å². The quantitative estimate of drug-likeness (QED) is 0.853. The second-order valence-electron chi connectivity index (χ2n) is 6.38. The number of fused-ring (bicyclic) bond motifs is 2. The summed E-state index contributed by atoms with van der Waals surface area (Å²) in [6, 6.07) is 9.76. The van der Waals surface area contributed by atoms with Crippen LogP contribution < -0.4 is 15.0 Å². The zero-order valence-corrected chi connectivity index (χ0v) is 15.5. The molecule has 6 nitrogen and oxygen atoms in total. The highest BCUT2D eigenvalue weighted by Gasteiger charge is 2.48. The number of carbonyl (C=O) groups is 1. The van der Waals surface area contributed by atoms with E-state index < -0.39 is 5.41 Å². The lowest BCUT2D eigenvalue weighted by atomic mass is 9.73. The van der Waals surface area contributed by atoms with Crippen LogP contribution in [0.25, 0.3) is 0 Å². The summed E-state index contributed by atoms with van der Waals surface area (Å²) < 4.78 is 6.34. The van der Waals surface area contributed by atoms with Crippen molar-refractivity contribution in [2.45, 2.75) is 25.2 Å². The van der Waals surface area contributed by atoms with E-state index in [-0.39, 0.29) is 5.91 Å². The summed E-state index contributed by atoms with van der Waals surface area (Å²) >= 11 is 3.52. The van der Waals surface area contributed by atoms with Crippen LogP contribution in [0, 0.1) is 0 Å². The fourth-order valence-electron chi connectivity index (χ4n) is 3.71. The number of hydrogen-bond donors (Lipinski definition) is 1. The SMILES string of the molecule is CCOc1ccc(N2CCC3(CC2)C(=O)Nc2ccc(Br)cc23)nn1. The number of rotatable bonds is 3. The van der Waals surface area contributed by atoms with Crippen molar-refractivity contribution in [3.05, 3.63) is 40.4 Å².